The first kappa shape index (κ1) is 13.7. The zero-order valence-electron chi connectivity index (χ0n) is 9.97. The molecule has 0 aliphatic carbocycles. The van der Waals surface area contributed by atoms with E-state index in [9.17, 15) is 0 Å². The van der Waals surface area contributed by atoms with Crippen LogP contribution in [0.1, 0.15) is 37.6 Å². The summed E-state index contributed by atoms with van der Waals surface area (Å²) in [5.41, 5.74) is 0.983. The number of methoxy groups -OCH3 is 1. The van der Waals surface area contributed by atoms with Gasteiger partial charge in [0.25, 0.3) is 0 Å². The summed E-state index contributed by atoms with van der Waals surface area (Å²) < 4.78 is 5.29. The SMILES string of the molecule is CCC(C)CC(Cl)c1cc(Cl)ccc1OC. The summed E-state index contributed by atoms with van der Waals surface area (Å²) in [7, 11) is 1.65. The molecule has 0 heterocycles. The van der Waals surface area contributed by atoms with E-state index in [4.69, 9.17) is 27.9 Å². The van der Waals surface area contributed by atoms with Crippen LogP contribution in [0.15, 0.2) is 18.2 Å². The van der Waals surface area contributed by atoms with Crippen LogP contribution < -0.4 is 4.74 Å². The highest BCUT2D eigenvalue weighted by Gasteiger charge is 2.16. The first-order valence-corrected chi connectivity index (χ1v) is 6.37. The lowest BCUT2D eigenvalue weighted by Gasteiger charge is -2.17. The summed E-state index contributed by atoms with van der Waals surface area (Å²) in [6.45, 7) is 4.37. The quantitative estimate of drug-likeness (QED) is 0.673. The molecule has 1 aromatic carbocycles. The van der Waals surface area contributed by atoms with Gasteiger partial charge < -0.3 is 4.74 Å². The minimum absolute atomic E-state index is 0.0383. The zero-order valence-corrected chi connectivity index (χ0v) is 11.5. The molecule has 2 unspecified atom stereocenters. The Kier molecular flexibility index (Phi) is 5.43. The normalized spacial score (nSPS) is 14.6. The molecule has 0 aromatic heterocycles. The van der Waals surface area contributed by atoms with Gasteiger partial charge in [0, 0.05) is 10.6 Å². The average molecular weight is 261 g/mol. The summed E-state index contributed by atoms with van der Waals surface area (Å²) in [5.74, 6) is 1.42. The highest BCUT2D eigenvalue weighted by molar-refractivity contribution is 6.30. The summed E-state index contributed by atoms with van der Waals surface area (Å²) in [6, 6.07) is 5.57. The fraction of sp³-hybridized carbons (Fsp3) is 0.538. The monoisotopic (exact) mass is 260 g/mol. The van der Waals surface area contributed by atoms with Gasteiger partial charge in [0.05, 0.1) is 12.5 Å². The van der Waals surface area contributed by atoms with Gasteiger partial charge in [0.2, 0.25) is 0 Å². The van der Waals surface area contributed by atoms with Crippen LogP contribution in [0.2, 0.25) is 5.02 Å². The molecule has 16 heavy (non-hydrogen) atoms. The Morgan fingerprint density at radius 3 is 2.62 bits per heavy atom. The van der Waals surface area contributed by atoms with Crippen molar-refractivity contribution in [3.05, 3.63) is 28.8 Å². The maximum absolute atomic E-state index is 6.40. The molecule has 0 saturated heterocycles. The fourth-order valence-corrected chi connectivity index (χ4v) is 2.25. The lowest BCUT2D eigenvalue weighted by molar-refractivity contribution is 0.405. The van der Waals surface area contributed by atoms with E-state index in [1.54, 1.807) is 7.11 Å². The number of halogens is 2. The molecule has 0 spiro atoms. The van der Waals surface area contributed by atoms with Crippen molar-refractivity contribution in [1.82, 2.24) is 0 Å². The van der Waals surface area contributed by atoms with Crippen LogP contribution in [0.5, 0.6) is 5.75 Å². The van der Waals surface area contributed by atoms with E-state index < -0.39 is 0 Å². The standard InChI is InChI=1S/C13H18Cl2O/c1-4-9(2)7-12(15)11-8-10(14)5-6-13(11)16-3/h5-6,8-9,12H,4,7H2,1-3H3. The molecule has 0 bridgehead atoms. The van der Waals surface area contributed by atoms with E-state index in [0.29, 0.717) is 10.9 Å². The lowest BCUT2D eigenvalue weighted by Crippen LogP contribution is -2.01. The number of ether oxygens (including phenoxy) is 1. The number of hydrogen-bond acceptors (Lipinski definition) is 1. The van der Waals surface area contributed by atoms with Gasteiger partial charge in [-0.15, -0.1) is 11.6 Å². The topological polar surface area (TPSA) is 9.23 Å². The molecule has 2 atom stereocenters. The van der Waals surface area contributed by atoms with Crippen molar-refractivity contribution in [1.29, 1.82) is 0 Å². The lowest BCUT2D eigenvalue weighted by atomic mass is 9.98. The second kappa shape index (κ2) is 6.36. The van der Waals surface area contributed by atoms with Crippen molar-refractivity contribution in [2.75, 3.05) is 7.11 Å². The Balaban J connectivity index is 2.88. The van der Waals surface area contributed by atoms with Crippen molar-refractivity contribution in [2.24, 2.45) is 5.92 Å². The van der Waals surface area contributed by atoms with Crippen LogP contribution >= 0.6 is 23.2 Å². The molecule has 1 rings (SSSR count). The fourth-order valence-electron chi connectivity index (χ4n) is 1.60. The second-order valence-electron chi connectivity index (χ2n) is 4.10. The van der Waals surface area contributed by atoms with Gasteiger partial charge in [0.15, 0.2) is 0 Å². The van der Waals surface area contributed by atoms with Gasteiger partial charge in [-0.1, -0.05) is 31.9 Å². The van der Waals surface area contributed by atoms with Gasteiger partial charge in [-0.05, 0) is 30.5 Å². The summed E-state index contributed by atoms with van der Waals surface area (Å²) in [5, 5.41) is 0.661. The Hall–Kier alpha value is -0.400. The predicted octanol–water partition coefficient (Wildman–Crippen LogP) is 5.06. The molecule has 0 aliphatic rings. The van der Waals surface area contributed by atoms with Crippen molar-refractivity contribution >= 4 is 23.2 Å². The Morgan fingerprint density at radius 1 is 1.38 bits per heavy atom. The Morgan fingerprint density at radius 2 is 2.06 bits per heavy atom. The minimum Gasteiger partial charge on any atom is -0.496 e. The molecule has 1 aromatic rings. The third-order valence-corrected chi connectivity index (χ3v) is 3.48. The van der Waals surface area contributed by atoms with Gasteiger partial charge in [0.1, 0.15) is 5.75 Å². The minimum atomic E-state index is -0.0383. The number of alkyl halides is 1. The first-order valence-electron chi connectivity index (χ1n) is 5.56. The predicted molar refractivity (Wildman–Crippen MR) is 70.7 cm³/mol. The molecule has 0 fully saturated rings. The van der Waals surface area contributed by atoms with Crippen molar-refractivity contribution < 1.29 is 4.74 Å². The van der Waals surface area contributed by atoms with Crippen LogP contribution in [0.3, 0.4) is 0 Å². The largest absolute Gasteiger partial charge is 0.496 e. The maximum atomic E-state index is 6.40. The third-order valence-electron chi connectivity index (χ3n) is 2.84. The molecule has 0 radical (unpaired) electrons. The number of rotatable bonds is 5. The van der Waals surface area contributed by atoms with Crippen LogP contribution in [-0.2, 0) is 0 Å². The average Bonchev–Trinajstić information content (AvgIpc) is 2.28. The molecule has 0 amide bonds. The van der Waals surface area contributed by atoms with Gasteiger partial charge in [-0.3, -0.25) is 0 Å². The van der Waals surface area contributed by atoms with Gasteiger partial charge in [-0.25, -0.2) is 0 Å². The highest BCUT2D eigenvalue weighted by Crippen LogP contribution is 2.36. The Labute approximate surface area is 108 Å². The van der Waals surface area contributed by atoms with E-state index in [0.717, 1.165) is 24.2 Å². The van der Waals surface area contributed by atoms with Crippen LogP contribution in [0.25, 0.3) is 0 Å². The third kappa shape index (κ3) is 3.57. The summed E-state index contributed by atoms with van der Waals surface area (Å²) in [6.07, 6.45) is 2.07. The Bertz CT molecular complexity index is 339. The van der Waals surface area contributed by atoms with E-state index >= 15 is 0 Å². The van der Waals surface area contributed by atoms with Gasteiger partial charge in [-0.2, -0.15) is 0 Å². The maximum Gasteiger partial charge on any atom is 0.123 e. The first-order chi connectivity index (χ1) is 7.58. The molecular formula is C13H18Cl2O. The van der Waals surface area contributed by atoms with E-state index in [1.165, 1.54) is 0 Å². The van der Waals surface area contributed by atoms with Crippen molar-refractivity contribution in [3.8, 4) is 5.75 Å². The number of hydrogen-bond donors (Lipinski definition) is 0. The zero-order chi connectivity index (χ0) is 12.1. The molecule has 1 nitrogen and oxygen atoms in total. The summed E-state index contributed by atoms with van der Waals surface area (Å²) in [4.78, 5) is 0. The van der Waals surface area contributed by atoms with Crippen molar-refractivity contribution in [3.63, 3.8) is 0 Å². The highest BCUT2D eigenvalue weighted by atomic mass is 35.5. The molecule has 3 heteroatoms. The molecule has 0 N–H and O–H groups in total. The summed E-state index contributed by atoms with van der Waals surface area (Å²) >= 11 is 12.4. The molecule has 0 aliphatic heterocycles. The van der Waals surface area contributed by atoms with E-state index in [-0.39, 0.29) is 5.38 Å². The molecule has 0 saturated carbocycles. The second-order valence-corrected chi connectivity index (χ2v) is 5.07. The van der Waals surface area contributed by atoms with Crippen LogP contribution in [-0.4, -0.2) is 7.11 Å². The van der Waals surface area contributed by atoms with Crippen LogP contribution in [0, 0.1) is 5.92 Å². The van der Waals surface area contributed by atoms with Gasteiger partial charge >= 0.3 is 0 Å². The van der Waals surface area contributed by atoms with E-state index in [2.05, 4.69) is 13.8 Å². The van der Waals surface area contributed by atoms with Crippen LogP contribution in [0.4, 0.5) is 0 Å². The van der Waals surface area contributed by atoms with E-state index in [1.807, 2.05) is 18.2 Å². The van der Waals surface area contributed by atoms with Crippen molar-refractivity contribution in [2.45, 2.75) is 32.1 Å². The smallest absolute Gasteiger partial charge is 0.123 e. The molecule has 90 valence electrons. The number of benzene rings is 1. The molecular weight excluding hydrogens is 243 g/mol.